The second-order valence-electron chi connectivity index (χ2n) is 15.2. The molecule has 0 saturated heterocycles. The lowest BCUT2D eigenvalue weighted by Crippen LogP contribution is -2.14. The van der Waals surface area contributed by atoms with Crippen LogP contribution in [0.3, 0.4) is 0 Å². The molecule has 2 aromatic heterocycles. The predicted octanol–water partition coefficient (Wildman–Crippen LogP) is 14.6. The summed E-state index contributed by atoms with van der Waals surface area (Å²) in [6.45, 7) is 4.72. The van der Waals surface area contributed by atoms with E-state index in [-0.39, 0.29) is 5.41 Å². The zero-order chi connectivity index (χ0) is 35.0. The van der Waals surface area contributed by atoms with Crippen LogP contribution in [0.2, 0.25) is 0 Å². The second-order valence-corrected chi connectivity index (χ2v) is 15.2. The predicted molar refractivity (Wildman–Crippen MR) is 222 cm³/mol. The van der Waals surface area contributed by atoms with E-state index < -0.39 is 0 Å². The minimum absolute atomic E-state index is 0.0717. The van der Waals surface area contributed by atoms with Gasteiger partial charge in [0.2, 0.25) is 0 Å². The molecule has 0 unspecified atom stereocenters. The molecule has 0 fully saturated rings. The van der Waals surface area contributed by atoms with Crippen LogP contribution in [0, 0.1) is 0 Å². The third-order valence-corrected chi connectivity index (χ3v) is 12.0. The fraction of sp³-hybridized carbons (Fsp3) is 0.0588. The van der Waals surface area contributed by atoms with Gasteiger partial charge >= 0.3 is 0 Å². The molecular formula is C51H32O2. The van der Waals surface area contributed by atoms with Crippen LogP contribution in [0.25, 0.3) is 110 Å². The van der Waals surface area contributed by atoms with Crippen LogP contribution in [0.15, 0.2) is 167 Å². The standard InChI is InChI=1S/C51H32O2/c1-51(2)43-17-9-7-11-32(43)33-22-20-31(26-44(33)51)49-37-15-5-3-13-35(37)48(36-14-4-6-16-38(36)49)30-21-24-46-41(25-30)42-28-40-29(27-47(42)52-46)19-23-39-34-12-8-10-18-45(34)53-50(39)40/h3-28H,1-2H3. The summed E-state index contributed by atoms with van der Waals surface area (Å²) in [4.78, 5) is 0. The molecule has 0 aliphatic heterocycles. The molecule has 53 heavy (non-hydrogen) atoms. The summed E-state index contributed by atoms with van der Waals surface area (Å²) >= 11 is 0. The Kier molecular flexibility index (Phi) is 5.60. The maximum absolute atomic E-state index is 6.52. The van der Waals surface area contributed by atoms with Crippen LogP contribution in [-0.2, 0) is 5.41 Å². The molecule has 0 saturated carbocycles. The molecule has 1 aliphatic rings. The highest BCUT2D eigenvalue weighted by Crippen LogP contribution is 2.51. The molecule has 2 heterocycles. The van der Waals surface area contributed by atoms with E-state index in [1.54, 1.807) is 0 Å². The summed E-state index contributed by atoms with van der Waals surface area (Å²) in [5.74, 6) is 0. The molecular weight excluding hydrogens is 645 g/mol. The van der Waals surface area contributed by atoms with Gasteiger partial charge in [0.05, 0.1) is 0 Å². The minimum Gasteiger partial charge on any atom is -0.456 e. The zero-order valence-corrected chi connectivity index (χ0v) is 29.3. The van der Waals surface area contributed by atoms with Crippen molar-refractivity contribution in [2.45, 2.75) is 19.3 Å². The van der Waals surface area contributed by atoms with E-state index in [0.717, 1.165) is 54.6 Å². The van der Waals surface area contributed by atoms with Crippen molar-refractivity contribution in [3.8, 4) is 33.4 Å². The first kappa shape index (κ1) is 29.0. The van der Waals surface area contributed by atoms with Crippen LogP contribution in [0.4, 0.5) is 0 Å². The molecule has 0 bridgehead atoms. The molecule has 2 heteroatoms. The summed E-state index contributed by atoms with van der Waals surface area (Å²) in [5, 5.41) is 11.7. The van der Waals surface area contributed by atoms with E-state index in [1.165, 1.54) is 66.1 Å². The van der Waals surface area contributed by atoms with Crippen molar-refractivity contribution >= 4 is 76.2 Å². The summed E-state index contributed by atoms with van der Waals surface area (Å²) in [6.07, 6.45) is 0. The van der Waals surface area contributed by atoms with Crippen molar-refractivity contribution in [2.75, 3.05) is 0 Å². The summed E-state index contributed by atoms with van der Waals surface area (Å²) < 4.78 is 13.0. The van der Waals surface area contributed by atoms with Gasteiger partial charge in [-0.15, -0.1) is 0 Å². The highest BCUT2D eigenvalue weighted by Gasteiger charge is 2.35. The molecule has 0 N–H and O–H groups in total. The molecule has 0 spiro atoms. The van der Waals surface area contributed by atoms with Gasteiger partial charge in [-0.3, -0.25) is 0 Å². The van der Waals surface area contributed by atoms with Crippen LogP contribution >= 0.6 is 0 Å². The van der Waals surface area contributed by atoms with Gasteiger partial charge in [-0.1, -0.05) is 129 Å². The second kappa shape index (κ2) is 10.2. The molecule has 2 nitrogen and oxygen atoms in total. The van der Waals surface area contributed by atoms with Crippen LogP contribution in [0.5, 0.6) is 0 Å². The fourth-order valence-corrected chi connectivity index (χ4v) is 9.54. The number of benzene rings is 9. The van der Waals surface area contributed by atoms with Crippen molar-refractivity contribution in [2.24, 2.45) is 0 Å². The van der Waals surface area contributed by atoms with E-state index in [4.69, 9.17) is 8.83 Å². The molecule has 9 aromatic carbocycles. The first-order chi connectivity index (χ1) is 26.0. The Balaban J connectivity index is 1.10. The Hall–Kier alpha value is -6.64. The van der Waals surface area contributed by atoms with E-state index in [1.807, 2.05) is 12.1 Å². The lowest BCUT2D eigenvalue weighted by molar-refractivity contribution is 0.660. The fourth-order valence-electron chi connectivity index (χ4n) is 9.54. The number of hydrogen-bond acceptors (Lipinski definition) is 2. The molecule has 0 amide bonds. The molecule has 0 radical (unpaired) electrons. The molecule has 0 atom stereocenters. The Morgan fingerprint density at radius 2 is 0.943 bits per heavy atom. The van der Waals surface area contributed by atoms with Gasteiger partial charge in [0, 0.05) is 32.3 Å². The van der Waals surface area contributed by atoms with E-state index in [9.17, 15) is 0 Å². The van der Waals surface area contributed by atoms with Gasteiger partial charge in [-0.25, -0.2) is 0 Å². The monoisotopic (exact) mass is 676 g/mol. The minimum atomic E-state index is -0.0717. The number of hydrogen-bond donors (Lipinski definition) is 0. The van der Waals surface area contributed by atoms with Crippen molar-refractivity contribution in [3.63, 3.8) is 0 Å². The van der Waals surface area contributed by atoms with Crippen molar-refractivity contribution in [1.29, 1.82) is 0 Å². The topological polar surface area (TPSA) is 26.3 Å². The maximum Gasteiger partial charge on any atom is 0.143 e. The quantitative estimate of drug-likeness (QED) is 0.170. The Morgan fingerprint density at radius 1 is 0.358 bits per heavy atom. The molecule has 248 valence electrons. The first-order valence-electron chi connectivity index (χ1n) is 18.4. The Labute approximate surface area is 305 Å². The van der Waals surface area contributed by atoms with Crippen molar-refractivity contribution < 1.29 is 8.83 Å². The summed E-state index contributed by atoms with van der Waals surface area (Å²) in [5.41, 5.74) is 13.9. The smallest absolute Gasteiger partial charge is 0.143 e. The van der Waals surface area contributed by atoms with Gasteiger partial charge in [-0.05, 0) is 114 Å². The average molecular weight is 677 g/mol. The van der Waals surface area contributed by atoms with Gasteiger partial charge < -0.3 is 8.83 Å². The first-order valence-corrected chi connectivity index (χ1v) is 18.4. The van der Waals surface area contributed by atoms with Gasteiger partial charge in [0.25, 0.3) is 0 Å². The van der Waals surface area contributed by atoms with Gasteiger partial charge in [-0.2, -0.15) is 0 Å². The number of rotatable bonds is 2. The zero-order valence-electron chi connectivity index (χ0n) is 29.3. The maximum atomic E-state index is 6.52. The molecule has 12 rings (SSSR count). The average Bonchev–Trinajstić information content (AvgIpc) is 3.83. The Morgan fingerprint density at radius 3 is 1.70 bits per heavy atom. The Bertz CT molecular complexity index is 3310. The number of fused-ring (bicyclic) bond motifs is 13. The third kappa shape index (κ3) is 3.87. The van der Waals surface area contributed by atoms with E-state index >= 15 is 0 Å². The molecule has 11 aromatic rings. The van der Waals surface area contributed by atoms with E-state index in [0.29, 0.717) is 0 Å². The SMILES string of the molecule is CC1(C)c2ccccc2-c2ccc(-c3c4ccccc4c(-c4ccc5oc6cc7ccc8c9ccccc9oc8c7cc6c5c4)c4ccccc34)cc21. The van der Waals surface area contributed by atoms with Crippen molar-refractivity contribution in [3.05, 3.63) is 169 Å². The van der Waals surface area contributed by atoms with Crippen molar-refractivity contribution in [1.82, 2.24) is 0 Å². The van der Waals surface area contributed by atoms with Crippen LogP contribution in [0.1, 0.15) is 25.0 Å². The highest BCUT2D eigenvalue weighted by molar-refractivity contribution is 6.23. The lowest BCUT2D eigenvalue weighted by atomic mass is 9.80. The lowest BCUT2D eigenvalue weighted by Gasteiger charge is -2.23. The summed E-state index contributed by atoms with van der Waals surface area (Å²) in [7, 11) is 0. The van der Waals surface area contributed by atoms with Gasteiger partial charge in [0.15, 0.2) is 0 Å². The largest absolute Gasteiger partial charge is 0.456 e. The van der Waals surface area contributed by atoms with Crippen LogP contribution < -0.4 is 0 Å². The van der Waals surface area contributed by atoms with Gasteiger partial charge in [0.1, 0.15) is 22.3 Å². The molecule has 1 aliphatic carbocycles. The number of furan rings is 2. The highest BCUT2D eigenvalue weighted by atomic mass is 16.3. The van der Waals surface area contributed by atoms with Crippen LogP contribution in [-0.4, -0.2) is 0 Å². The number of para-hydroxylation sites is 1. The normalized spacial score (nSPS) is 13.6. The third-order valence-electron chi connectivity index (χ3n) is 12.0. The summed E-state index contributed by atoms with van der Waals surface area (Å²) in [6, 6.07) is 57.6. The van der Waals surface area contributed by atoms with E-state index in [2.05, 4.69) is 159 Å².